The lowest BCUT2D eigenvalue weighted by Gasteiger charge is -2.38. The number of hydrogen-bond acceptors (Lipinski definition) is 8. The molecule has 0 saturated carbocycles. The number of carbonyl (C=O) groups excluding carboxylic acids is 2. The number of nitrogens with one attached hydrogen (secondary N) is 1. The number of benzene rings is 1. The molecule has 8 nitrogen and oxygen atoms in total. The number of aldehydes is 1. The standard InChI is InChI=1S/C30H43N5O2.C3H4O/c1-7-23-8-9-25(18-27(23)24-10-15-34(16-11-24)22(2)19-32(3)4)31-30-28(21-37-6)29(13-14-33(30)5)35-17-12-26(36)20-35;1-2-3-4/h1,8-9,13-14,18,22,24,30-31H,10-12,15-17,19-21H2,2-6H3;2-3H,1H2. The molecule has 0 radical (unpaired) electrons. The van der Waals surface area contributed by atoms with E-state index in [0.717, 1.165) is 61.5 Å². The average molecular weight is 562 g/mol. The van der Waals surface area contributed by atoms with Crippen molar-refractivity contribution >= 4 is 17.8 Å². The largest absolute Gasteiger partial charge is 0.380 e. The van der Waals surface area contributed by atoms with Crippen LogP contribution in [0.1, 0.15) is 43.2 Å². The Bertz CT molecular complexity index is 1150. The normalized spacial score (nSPS) is 20.5. The summed E-state index contributed by atoms with van der Waals surface area (Å²) in [5, 5.41) is 3.75. The molecule has 3 aliphatic rings. The minimum Gasteiger partial charge on any atom is -0.380 e. The van der Waals surface area contributed by atoms with E-state index in [-0.39, 0.29) is 11.9 Å². The van der Waals surface area contributed by atoms with Crippen LogP contribution in [0.5, 0.6) is 0 Å². The summed E-state index contributed by atoms with van der Waals surface area (Å²) in [6.45, 7) is 10.4. The summed E-state index contributed by atoms with van der Waals surface area (Å²) < 4.78 is 5.62. The number of piperidine rings is 1. The second kappa shape index (κ2) is 15.6. The van der Waals surface area contributed by atoms with Gasteiger partial charge in [0.2, 0.25) is 0 Å². The molecule has 1 aromatic carbocycles. The number of nitrogens with zero attached hydrogens (tertiary/aromatic N) is 4. The predicted octanol–water partition coefficient (Wildman–Crippen LogP) is 3.54. The van der Waals surface area contributed by atoms with E-state index < -0.39 is 0 Å². The van der Waals surface area contributed by atoms with E-state index in [1.54, 1.807) is 7.11 Å². The molecule has 222 valence electrons. The maximum Gasteiger partial charge on any atom is 0.153 e. The monoisotopic (exact) mass is 561 g/mol. The number of terminal acetylenes is 1. The molecule has 0 spiro atoms. The van der Waals surface area contributed by atoms with Gasteiger partial charge in [0.05, 0.1) is 13.2 Å². The van der Waals surface area contributed by atoms with E-state index in [4.69, 9.17) is 16.0 Å². The van der Waals surface area contributed by atoms with Gasteiger partial charge in [-0.15, -0.1) is 6.42 Å². The number of Topliss-reactive ketones (excluding diaryl/α,β-unsaturated/α-hetero) is 1. The van der Waals surface area contributed by atoms with Gasteiger partial charge in [-0.1, -0.05) is 12.5 Å². The molecule has 8 heteroatoms. The highest BCUT2D eigenvalue weighted by Crippen LogP contribution is 2.34. The van der Waals surface area contributed by atoms with E-state index in [2.05, 4.69) is 96.0 Å². The molecule has 3 aliphatic heterocycles. The van der Waals surface area contributed by atoms with Crippen LogP contribution in [0.3, 0.4) is 0 Å². The number of rotatable bonds is 10. The van der Waals surface area contributed by atoms with Crippen molar-refractivity contribution in [3.8, 4) is 12.3 Å². The molecular weight excluding hydrogens is 514 g/mol. The summed E-state index contributed by atoms with van der Waals surface area (Å²) >= 11 is 0. The number of ether oxygens (including phenoxy) is 1. The molecule has 2 atom stereocenters. The van der Waals surface area contributed by atoms with Crippen LogP contribution in [0.2, 0.25) is 0 Å². The molecule has 1 N–H and O–H groups in total. The number of likely N-dealkylation sites (N-methyl/N-ethyl adjacent to an activating group) is 2. The van der Waals surface area contributed by atoms with Crippen molar-refractivity contribution in [1.29, 1.82) is 0 Å². The fraction of sp³-hybridized carbons (Fsp3) is 0.515. The molecule has 2 unspecified atom stereocenters. The Labute approximate surface area is 246 Å². The van der Waals surface area contributed by atoms with Gasteiger partial charge in [0, 0.05) is 68.4 Å². The van der Waals surface area contributed by atoms with Crippen LogP contribution in [-0.4, -0.2) is 111 Å². The number of ketones is 1. The average Bonchev–Trinajstić information content (AvgIpc) is 3.40. The smallest absolute Gasteiger partial charge is 0.153 e. The summed E-state index contributed by atoms with van der Waals surface area (Å²) in [7, 11) is 8.07. The zero-order valence-electron chi connectivity index (χ0n) is 25.4. The Morgan fingerprint density at radius 3 is 2.54 bits per heavy atom. The number of anilines is 1. The lowest BCUT2D eigenvalue weighted by Crippen LogP contribution is -2.44. The van der Waals surface area contributed by atoms with Gasteiger partial charge in [-0.3, -0.25) is 14.5 Å². The molecule has 0 aromatic heterocycles. The Morgan fingerprint density at radius 2 is 1.98 bits per heavy atom. The molecule has 1 aromatic rings. The third kappa shape index (κ3) is 8.56. The number of hydrogen-bond donors (Lipinski definition) is 1. The highest BCUT2D eigenvalue weighted by molar-refractivity contribution is 5.83. The Balaban J connectivity index is 0.00000108. The van der Waals surface area contributed by atoms with Crippen molar-refractivity contribution < 1.29 is 14.3 Å². The second-order valence-corrected chi connectivity index (χ2v) is 11.3. The van der Waals surface area contributed by atoms with Crippen LogP contribution < -0.4 is 5.32 Å². The maximum absolute atomic E-state index is 12.0. The molecule has 0 bridgehead atoms. The van der Waals surface area contributed by atoms with E-state index in [0.29, 0.717) is 37.8 Å². The molecule has 3 heterocycles. The van der Waals surface area contributed by atoms with Crippen molar-refractivity contribution in [3.05, 3.63) is 65.5 Å². The first-order chi connectivity index (χ1) is 19.7. The van der Waals surface area contributed by atoms with Crippen LogP contribution >= 0.6 is 0 Å². The van der Waals surface area contributed by atoms with Gasteiger partial charge >= 0.3 is 0 Å². The van der Waals surface area contributed by atoms with E-state index in [1.807, 2.05) is 0 Å². The number of likely N-dealkylation sites (tertiary alicyclic amines) is 2. The first kappa shape index (κ1) is 32.1. The molecule has 41 heavy (non-hydrogen) atoms. The van der Waals surface area contributed by atoms with Crippen molar-refractivity contribution in [1.82, 2.24) is 19.6 Å². The van der Waals surface area contributed by atoms with Gasteiger partial charge in [0.25, 0.3) is 0 Å². The summed E-state index contributed by atoms with van der Waals surface area (Å²) in [5.74, 6) is 3.68. The van der Waals surface area contributed by atoms with Crippen LogP contribution in [0.15, 0.2) is 54.4 Å². The zero-order chi connectivity index (χ0) is 29.9. The predicted molar refractivity (Wildman–Crippen MR) is 167 cm³/mol. The lowest BCUT2D eigenvalue weighted by molar-refractivity contribution is -0.116. The van der Waals surface area contributed by atoms with Crippen LogP contribution in [0.4, 0.5) is 5.69 Å². The fourth-order valence-corrected chi connectivity index (χ4v) is 5.98. The summed E-state index contributed by atoms with van der Waals surface area (Å²) in [6, 6.07) is 6.98. The van der Waals surface area contributed by atoms with Crippen LogP contribution in [-0.2, 0) is 14.3 Å². The lowest BCUT2D eigenvalue weighted by atomic mass is 9.86. The highest BCUT2D eigenvalue weighted by atomic mass is 16.5. The molecule has 0 aliphatic carbocycles. The highest BCUT2D eigenvalue weighted by Gasteiger charge is 2.30. The van der Waals surface area contributed by atoms with Gasteiger partial charge < -0.3 is 24.8 Å². The van der Waals surface area contributed by atoms with Crippen molar-refractivity contribution in [2.45, 2.75) is 44.3 Å². The Kier molecular flexibility index (Phi) is 12.2. The molecule has 2 fully saturated rings. The van der Waals surface area contributed by atoms with Crippen molar-refractivity contribution in [3.63, 3.8) is 0 Å². The second-order valence-electron chi connectivity index (χ2n) is 11.3. The zero-order valence-corrected chi connectivity index (χ0v) is 25.4. The summed E-state index contributed by atoms with van der Waals surface area (Å²) in [4.78, 5) is 30.2. The van der Waals surface area contributed by atoms with E-state index in [1.165, 1.54) is 11.6 Å². The Morgan fingerprint density at radius 1 is 1.27 bits per heavy atom. The van der Waals surface area contributed by atoms with E-state index in [9.17, 15) is 4.79 Å². The molecule has 0 amide bonds. The maximum atomic E-state index is 12.0. The van der Waals surface area contributed by atoms with Gasteiger partial charge in [-0.25, -0.2) is 0 Å². The quantitative estimate of drug-likeness (QED) is 0.264. The number of carbonyl (C=O) groups is 2. The number of allylic oxidation sites excluding steroid dienone is 2. The SMILES string of the molecule is C#Cc1ccc(NC2C(COC)=C(N3CCC(=O)C3)C=CN2C)cc1C1CCN(C(C)CN(C)C)CC1.C=CC=O. The number of methoxy groups -OCH3 is 1. The minimum atomic E-state index is -0.0751. The Hall–Kier alpha value is -3.38. The van der Waals surface area contributed by atoms with Crippen LogP contribution in [0, 0.1) is 12.3 Å². The van der Waals surface area contributed by atoms with Crippen LogP contribution in [0.25, 0.3) is 0 Å². The van der Waals surface area contributed by atoms with E-state index >= 15 is 0 Å². The third-order valence-corrected chi connectivity index (χ3v) is 8.03. The first-order valence-corrected chi connectivity index (χ1v) is 14.4. The van der Waals surface area contributed by atoms with Gasteiger partial charge in [0.1, 0.15) is 12.5 Å². The van der Waals surface area contributed by atoms with Gasteiger partial charge in [-0.05, 0) is 88.8 Å². The van der Waals surface area contributed by atoms with Gasteiger partial charge in [-0.2, -0.15) is 0 Å². The third-order valence-electron chi connectivity index (χ3n) is 8.03. The minimum absolute atomic E-state index is 0.0751. The fourth-order valence-electron chi connectivity index (χ4n) is 5.98. The first-order valence-electron chi connectivity index (χ1n) is 14.4. The van der Waals surface area contributed by atoms with Crippen molar-refractivity contribution in [2.75, 3.05) is 72.9 Å². The summed E-state index contributed by atoms with van der Waals surface area (Å²) in [6.07, 6.45) is 14.7. The molecular formula is C33H47N5O3. The topological polar surface area (TPSA) is 68.4 Å². The summed E-state index contributed by atoms with van der Waals surface area (Å²) in [5.41, 5.74) is 5.53. The molecule has 2 saturated heterocycles. The van der Waals surface area contributed by atoms with Gasteiger partial charge in [0.15, 0.2) is 5.78 Å². The molecule has 4 rings (SSSR count). The van der Waals surface area contributed by atoms with Crippen molar-refractivity contribution in [2.24, 2.45) is 0 Å².